The Bertz CT molecular complexity index is 728. The number of likely N-dealkylation sites (N-methyl/N-ethyl adjacent to an activating group) is 1. The lowest BCUT2D eigenvalue weighted by atomic mass is 10.1. The molecule has 24 heavy (non-hydrogen) atoms. The molecule has 0 saturated carbocycles. The van der Waals surface area contributed by atoms with Crippen molar-refractivity contribution in [3.05, 3.63) is 53.9 Å². The highest BCUT2D eigenvalue weighted by Crippen LogP contribution is 2.18. The zero-order valence-electron chi connectivity index (χ0n) is 14.2. The predicted octanol–water partition coefficient (Wildman–Crippen LogP) is 2.32. The highest BCUT2D eigenvalue weighted by atomic mass is 16.1. The van der Waals surface area contributed by atoms with E-state index in [1.165, 1.54) is 6.92 Å². The van der Waals surface area contributed by atoms with Crippen molar-refractivity contribution in [2.45, 2.75) is 6.92 Å². The second-order valence-electron chi connectivity index (χ2n) is 5.75. The van der Waals surface area contributed by atoms with Gasteiger partial charge in [0.1, 0.15) is 5.69 Å². The Balaban J connectivity index is 2.06. The average Bonchev–Trinajstić information content (AvgIpc) is 2.55. The first-order valence-corrected chi connectivity index (χ1v) is 7.72. The molecule has 0 bridgehead atoms. The van der Waals surface area contributed by atoms with Crippen molar-refractivity contribution in [2.75, 3.05) is 32.5 Å². The van der Waals surface area contributed by atoms with Gasteiger partial charge in [0.15, 0.2) is 5.78 Å². The van der Waals surface area contributed by atoms with Crippen LogP contribution in [0.3, 0.4) is 0 Å². The van der Waals surface area contributed by atoms with Crippen LogP contribution in [0.2, 0.25) is 0 Å². The quantitative estimate of drug-likeness (QED) is 0.764. The van der Waals surface area contributed by atoms with Crippen LogP contribution in [-0.4, -0.2) is 48.8 Å². The molecule has 6 heteroatoms. The van der Waals surface area contributed by atoms with Crippen LogP contribution in [0.15, 0.2) is 42.6 Å². The van der Waals surface area contributed by atoms with Crippen LogP contribution in [-0.2, 0) is 0 Å². The lowest BCUT2D eigenvalue weighted by Crippen LogP contribution is -2.31. The topological polar surface area (TPSA) is 74.3 Å². The van der Waals surface area contributed by atoms with Gasteiger partial charge in [0.25, 0.3) is 5.91 Å². The normalized spacial score (nSPS) is 10.5. The summed E-state index contributed by atoms with van der Waals surface area (Å²) in [6.45, 7) is 2.86. The molecule has 1 heterocycles. The fourth-order valence-electron chi connectivity index (χ4n) is 2.10. The lowest BCUT2D eigenvalue weighted by molar-refractivity contribution is 0.0945. The molecule has 6 nitrogen and oxygen atoms in total. The predicted molar refractivity (Wildman–Crippen MR) is 94.9 cm³/mol. The first-order valence-electron chi connectivity index (χ1n) is 7.72. The van der Waals surface area contributed by atoms with Gasteiger partial charge in [-0.2, -0.15) is 0 Å². The van der Waals surface area contributed by atoms with Crippen molar-refractivity contribution >= 4 is 23.1 Å². The fraction of sp³-hybridized carbons (Fsp3) is 0.278. The molecule has 0 spiro atoms. The van der Waals surface area contributed by atoms with E-state index in [-0.39, 0.29) is 11.7 Å². The van der Waals surface area contributed by atoms with Crippen LogP contribution >= 0.6 is 0 Å². The van der Waals surface area contributed by atoms with Crippen molar-refractivity contribution in [3.63, 3.8) is 0 Å². The van der Waals surface area contributed by atoms with Crippen LogP contribution in [0, 0.1) is 0 Å². The number of hydrogen-bond donors (Lipinski definition) is 2. The van der Waals surface area contributed by atoms with E-state index in [1.54, 1.807) is 30.5 Å². The van der Waals surface area contributed by atoms with E-state index in [0.717, 1.165) is 17.9 Å². The van der Waals surface area contributed by atoms with Gasteiger partial charge in [-0.3, -0.25) is 14.6 Å². The van der Waals surface area contributed by atoms with Crippen LogP contribution in [0.5, 0.6) is 0 Å². The van der Waals surface area contributed by atoms with Crippen molar-refractivity contribution in [2.24, 2.45) is 0 Å². The van der Waals surface area contributed by atoms with Crippen molar-refractivity contribution in [3.8, 4) is 0 Å². The largest absolute Gasteiger partial charge is 0.355 e. The Hall–Kier alpha value is -2.73. The molecule has 0 unspecified atom stereocenters. The third-order valence-corrected chi connectivity index (χ3v) is 3.39. The van der Waals surface area contributed by atoms with Gasteiger partial charge < -0.3 is 15.5 Å². The van der Waals surface area contributed by atoms with Gasteiger partial charge >= 0.3 is 0 Å². The Morgan fingerprint density at radius 2 is 1.88 bits per heavy atom. The standard InChI is InChI=1S/C18H22N4O2/c1-13(23)14-5-4-6-15(11-14)21-16-7-8-19-17(12-16)18(24)20-9-10-22(2)3/h4-8,11-12H,9-10H2,1-3H3,(H,19,21)(H,20,24). The van der Waals surface area contributed by atoms with E-state index in [0.29, 0.717) is 17.8 Å². The number of carbonyl (C=O) groups is 2. The molecule has 0 saturated heterocycles. The zero-order chi connectivity index (χ0) is 17.5. The smallest absolute Gasteiger partial charge is 0.269 e. The molecule has 0 atom stereocenters. The van der Waals surface area contributed by atoms with E-state index in [2.05, 4.69) is 15.6 Å². The molecule has 0 radical (unpaired) electrons. The Morgan fingerprint density at radius 3 is 2.58 bits per heavy atom. The summed E-state index contributed by atoms with van der Waals surface area (Å²) in [7, 11) is 3.90. The molecule has 1 amide bonds. The summed E-state index contributed by atoms with van der Waals surface area (Å²) in [6.07, 6.45) is 1.58. The van der Waals surface area contributed by atoms with E-state index in [4.69, 9.17) is 0 Å². The van der Waals surface area contributed by atoms with Crippen molar-refractivity contribution < 1.29 is 9.59 Å². The van der Waals surface area contributed by atoms with E-state index in [1.807, 2.05) is 31.1 Å². The molecule has 0 fully saturated rings. The third kappa shape index (κ3) is 5.17. The maximum atomic E-state index is 12.1. The number of Topliss-reactive ketones (excluding diaryl/α,β-unsaturated/α-hetero) is 1. The molecule has 0 aliphatic rings. The van der Waals surface area contributed by atoms with Gasteiger partial charge in [-0.25, -0.2) is 0 Å². The van der Waals surface area contributed by atoms with Crippen LogP contribution in [0.4, 0.5) is 11.4 Å². The zero-order valence-corrected chi connectivity index (χ0v) is 14.2. The molecule has 2 N–H and O–H groups in total. The summed E-state index contributed by atoms with van der Waals surface area (Å²) < 4.78 is 0. The molecule has 0 aliphatic heterocycles. The van der Waals surface area contributed by atoms with E-state index in [9.17, 15) is 9.59 Å². The van der Waals surface area contributed by atoms with Gasteiger partial charge in [0.2, 0.25) is 0 Å². The van der Waals surface area contributed by atoms with Gasteiger partial charge in [-0.05, 0) is 45.3 Å². The molecule has 0 aliphatic carbocycles. The van der Waals surface area contributed by atoms with E-state index >= 15 is 0 Å². The first-order chi connectivity index (χ1) is 11.5. The van der Waals surface area contributed by atoms with Crippen LogP contribution < -0.4 is 10.6 Å². The molecular weight excluding hydrogens is 304 g/mol. The summed E-state index contributed by atoms with van der Waals surface area (Å²) >= 11 is 0. The van der Waals surface area contributed by atoms with Crippen LogP contribution in [0.25, 0.3) is 0 Å². The molecule has 2 rings (SSSR count). The minimum Gasteiger partial charge on any atom is -0.355 e. The number of aromatic nitrogens is 1. The number of nitrogens with zero attached hydrogens (tertiary/aromatic N) is 2. The summed E-state index contributed by atoms with van der Waals surface area (Å²) in [5.74, 6) is -0.202. The molecule has 1 aromatic carbocycles. The number of ketones is 1. The number of benzene rings is 1. The fourth-order valence-corrected chi connectivity index (χ4v) is 2.10. The Labute approximate surface area is 141 Å². The minimum atomic E-state index is -0.210. The number of hydrogen-bond acceptors (Lipinski definition) is 5. The van der Waals surface area contributed by atoms with Crippen molar-refractivity contribution in [1.82, 2.24) is 15.2 Å². The van der Waals surface area contributed by atoms with Crippen LogP contribution in [0.1, 0.15) is 27.8 Å². The summed E-state index contributed by atoms with van der Waals surface area (Å²) in [4.78, 5) is 29.7. The SMILES string of the molecule is CC(=O)c1cccc(Nc2ccnc(C(=O)NCCN(C)C)c2)c1. The number of nitrogens with one attached hydrogen (secondary N) is 2. The minimum absolute atomic E-state index is 0.00865. The number of carbonyl (C=O) groups excluding carboxylic acids is 2. The Kier molecular flexibility index (Phi) is 6.03. The van der Waals surface area contributed by atoms with Crippen molar-refractivity contribution in [1.29, 1.82) is 0 Å². The highest BCUT2D eigenvalue weighted by molar-refractivity contribution is 5.95. The number of pyridine rings is 1. The number of rotatable bonds is 7. The first kappa shape index (κ1) is 17.6. The molecule has 126 valence electrons. The highest BCUT2D eigenvalue weighted by Gasteiger charge is 2.08. The summed E-state index contributed by atoms with van der Waals surface area (Å²) in [6, 6.07) is 10.7. The van der Waals surface area contributed by atoms with Gasteiger partial charge in [0, 0.05) is 36.2 Å². The summed E-state index contributed by atoms with van der Waals surface area (Å²) in [5.41, 5.74) is 2.51. The van der Waals surface area contributed by atoms with Gasteiger partial charge in [-0.15, -0.1) is 0 Å². The monoisotopic (exact) mass is 326 g/mol. The van der Waals surface area contributed by atoms with Gasteiger partial charge in [-0.1, -0.05) is 12.1 Å². The Morgan fingerprint density at radius 1 is 1.12 bits per heavy atom. The average molecular weight is 326 g/mol. The number of amides is 1. The second-order valence-corrected chi connectivity index (χ2v) is 5.75. The molecule has 1 aromatic heterocycles. The summed E-state index contributed by atoms with van der Waals surface area (Å²) in [5, 5.41) is 6.02. The molecule has 2 aromatic rings. The maximum absolute atomic E-state index is 12.1. The molecular formula is C18H22N4O2. The maximum Gasteiger partial charge on any atom is 0.269 e. The lowest BCUT2D eigenvalue weighted by Gasteiger charge is -2.11. The van der Waals surface area contributed by atoms with Gasteiger partial charge in [0.05, 0.1) is 0 Å². The van der Waals surface area contributed by atoms with E-state index < -0.39 is 0 Å². The second kappa shape index (κ2) is 8.21. The third-order valence-electron chi connectivity index (χ3n) is 3.39. The number of anilines is 2.